The van der Waals surface area contributed by atoms with E-state index in [1.54, 1.807) is 4.90 Å². The molecule has 0 aliphatic carbocycles. The lowest BCUT2D eigenvalue weighted by atomic mass is 10.0. The van der Waals surface area contributed by atoms with Gasteiger partial charge >= 0.3 is 0 Å². The fraction of sp³-hybridized carbons (Fsp3) is 0.800. The number of carbonyl (C=O) groups excluding carboxylic acids is 3. The van der Waals surface area contributed by atoms with Crippen LogP contribution in [-0.2, 0) is 19.1 Å². The van der Waals surface area contributed by atoms with Gasteiger partial charge in [-0.05, 0) is 12.3 Å². The van der Waals surface area contributed by atoms with Crippen LogP contribution in [0.5, 0.6) is 0 Å². The Morgan fingerprint density at radius 2 is 1.82 bits per heavy atom. The molecule has 0 saturated carbocycles. The SMILES string of the molecule is CC(=O)NCCC(=O)NC(CC(C)C)C(=O)N1CCOCC1. The van der Waals surface area contributed by atoms with E-state index in [0.717, 1.165) is 0 Å². The Kier molecular flexibility index (Phi) is 7.87. The molecule has 1 rings (SSSR count). The van der Waals surface area contributed by atoms with E-state index in [4.69, 9.17) is 4.74 Å². The topological polar surface area (TPSA) is 87.7 Å². The summed E-state index contributed by atoms with van der Waals surface area (Å²) in [6, 6.07) is -0.511. The van der Waals surface area contributed by atoms with Gasteiger partial charge in [-0.25, -0.2) is 0 Å². The second kappa shape index (κ2) is 9.40. The van der Waals surface area contributed by atoms with E-state index in [1.807, 2.05) is 13.8 Å². The molecule has 1 heterocycles. The van der Waals surface area contributed by atoms with Crippen molar-refractivity contribution in [2.45, 2.75) is 39.7 Å². The van der Waals surface area contributed by atoms with E-state index < -0.39 is 6.04 Å². The number of hydrogen-bond donors (Lipinski definition) is 2. The fourth-order valence-electron chi connectivity index (χ4n) is 2.32. The number of carbonyl (C=O) groups is 3. The molecular weight excluding hydrogens is 286 g/mol. The van der Waals surface area contributed by atoms with Gasteiger partial charge < -0.3 is 20.3 Å². The summed E-state index contributed by atoms with van der Waals surface area (Å²) < 4.78 is 5.25. The van der Waals surface area contributed by atoms with Crippen molar-refractivity contribution in [2.75, 3.05) is 32.8 Å². The number of nitrogens with one attached hydrogen (secondary N) is 2. The maximum Gasteiger partial charge on any atom is 0.245 e. The molecule has 3 amide bonds. The molecule has 1 unspecified atom stereocenters. The van der Waals surface area contributed by atoms with E-state index in [2.05, 4.69) is 10.6 Å². The van der Waals surface area contributed by atoms with Crippen molar-refractivity contribution in [3.63, 3.8) is 0 Å². The molecule has 1 saturated heterocycles. The minimum atomic E-state index is -0.511. The Balaban J connectivity index is 2.53. The number of amides is 3. The fourth-order valence-corrected chi connectivity index (χ4v) is 2.32. The van der Waals surface area contributed by atoms with Gasteiger partial charge in [0.1, 0.15) is 6.04 Å². The number of hydrogen-bond acceptors (Lipinski definition) is 4. The Hall–Kier alpha value is -1.63. The minimum absolute atomic E-state index is 0.0510. The van der Waals surface area contributed by atoms with Gasteiger partial charge in [0, 0.05) is 33.0 Å². The maximum atomic E-state index is 12.5. The lowest BCUT2D eigenvalue weighted by Gasteiger charge is -2.31. The highest BCUT2D eigenvalue weighted by molar-refractivity contribution is 5.88. The summed E-state index contributed by atoms with van der Waals surface area (Å²) in [4.78, 5) is 37.0. The van der Waals surface area contributed by atoms with Crippen LogP contribution >= 0.6 is 0 Å². The lowest BCUT2D eigenvalue weighted by Crippen LogP contribution is -2.52. The number of nitrogens with zero attached hydrogens (tertiary/aromatic N) is 1. The van der Waals surface area contributed by atoms with Crippen LogP contribution in [0.1, 0.15) is 33.6 Å². The van der Waals surface area contributed by atoms with Gasteiger partial charge in [-0.2, -0.15) is 0 Å². The summed E-state index contributed by atoms with van der Waals surface area (Å²) in [7, 11) is 0. The summed E-state index contributed by atoms with van der Waals surface area (Å²) in [6.07, 6.45) is 0.770. The molecule has 22 heavy (non-hydrogen) atoms. The molecule has 126 valence electrons. The lowest BCUT2D eigenvalue weighted by molar-refractivity contribution is -0.140. The Morgan fingerprint density at radius 3 is 2.36 bits per heavy atom. The maximum absolute atomic E-state index is 12.5. The zero-order chi connectivity index (χ0) is 16.5. The summed E-state index contributed by atoms with van der Waals surface area (Å²) in [5.74, 6) is -0.146. The van der Waals surface area contributed by atoms with Gasteiger partial charge in [0.25, 0.3) is 0 Å². The first-order valence-corrected chi connectivity index (χ1v) is 7.80. The van der Waals surface area contributed by atoms with Crippen molar-refractivity contribution < 1.29 is 19.1 Å². The van der Waals surface area contributed by atoms with Crippen LogP contribution < -0.4 is 10.6 Å². The molecule has 0 bridgehead atoms. The molecule has 1 atom stereocenters. The van der Waals surface area contributed by atoms with Gasteiger partial charge in [0.05, 0.1) is 13.2 Å². The molecular formula is C15H27N3O4. The summed E-state index contributed by atoms with van der Waals surface area (Å²) >= 11 is 0. The van der Waals surface area contributed by atoms with Gasteiger partial charge in [0.2, 0.25) is 17.7 Å². The molecule has 0 aromatic carbocycles. The first kappa shape index (κ1) is 18.4. The number of rotatable bonds is 7. The minimum Gasteiger partial charge on any atom is -0.378 e. The number of ether oxygens (including phenoxy) is 1. The van der Waals surface area contributed by atoms with Crippen LogP contribution in [0, 0.1) is 5.92 Å². The molecule has 0 spiro atoms. The molecule has 1 fully saturated rings. The van der Waals surface area contributed by atoms with E-state index in [9.17, 15) is 14.4 Å². The highest BCUT2D eigenvalue weighted by Crippen LogP contribution is 2.10. The van der Waals surface area contributed by atoms with Crippen molar-refractivity contribution in [1.29, 1.82) is 0 Å². The molecule has 0 aromatic heterocycles. The Morgan fingerprint density at radius 1 is 1.18 bits per heavy atom. The molecule has 7 nitrogen and oxygen atoms in total. The van der Waals surface area contributed by atoms with Crippen LogP contribution in [0.4, 0.5) is 0 Å². The Labute approximate surface area is 131 Å². The van der Waals surface area contributed by atoms with Gasteiger partial charge in [-0.3, -0.25) is 14.4 Å². The van der Waals surface area contributed by atoms with E-state index in [0.29, 0.717) is 38.6 Å². The van der Waals surface area contributed by atoms with Gasteiger partial charge in [-0.1, -0.05) is 13.8 Å². The average Bonchev–Trinajstić information content (AvgIpc) is 2.46. The highest BCUT2D eigenvalue weighted by atomic mass is 16.5. The van der Waals surface area contributed by atoms with Gasteiger partial charge in [0.15, 0.2) is 0 Å². The van der Waals surface area contributed by atoms with E-state index in [1.165, 1.54) is 6.92 Å². The molecule has 0 aromatic rings. The molecule has 2 N–H and O–H groups in total. The quantitative estimate of drug-likeness (QED) is 0.687. The third-order valence-corrected chi connectivity index (χ3v) is 3.39. The second-order valence-corrected chi connectivity index (χ2v) is 5.92. The summed E-state index contributed by atoms with van der Waals surface area (Å²) in [5, 5.41) is 5.37. The first-order valence-electron chi connectivity index (χ1n) is 7.80. The van der Waals surface area contributed by atoms with Crippen molar-refractivity contribution in [3.8, 4) is 0 Å². The number of morpholine rings is 1. The van der Waals surface area contributed by atoms with Crippen molar-refractivity contribution in [2.24, 2.45) is 5.92 Å². The van der Waals surface area contributed by atoms with Crippen molar-refractivity contribution >= 4 is 17.7 Å². The molecule has 1 aliphatic heterocycles. The molecule has 0 radical (unpaired) electrons. The average molecular weight is 313 g/mol. The van der Waals surface area contributed by atoms with Crippen LogP contribution in [0.2, 0.25) is 0 Å². The smallest absolute Gasteiger partial charge is 0.245 e. The van der Waals surface area contributed by atoms with Crippen LogP contribution in [0.25, 0.3) is 0 Å². The normalized spacial score (nSPS) is 16.3. The Bertz CT molecular complexity index is 392. The van der Waals surface area contributed by atoms with Crippen LogP contribution in [0.15, 0.2) is 0 Å². The van der Waals surface area contributed by atoms with Crippen LogP contribution in [-0.4, -0.2) is 61.5 Å². The third-order valence-electron chi connectivity index (χ3n) is 3.39. The van der Waals surface area contributed by atoms with Crippen molar-refractivity contribution in [3.05, 3.63) is 0 Å². The van der Waals surface area contributed by atoms with Crippen LogP contribution in [0.3, 0.4) is 0 Å². The van der Waals surface area contributed by atoms with E-state index in [-0.39, 0.29) is 30.7 Å². The predicted octanol–water partition coefficient (Wildman–Crippen LogP) is -0.0977. The van der Waals surface area contributed by atoms with Gasteiger partial charge in [-0.15, -0.1) is 0 Å². The molecule has 1 aliphatic rings. The zero-order valence-corrected chi connectivity index (χ0v) is 13.7. The monoisotopic (exact) mass is 313 g/mol. The first-order chi connectivity index (χ1) is 10.4. The van der Waals surface area contributed by atoms with Crippen molar-refractivity contribution in [1.82, 2.24) is 15.5 Å². The second-order valence-electron chi connectivity index (χ2n) is 5.92. The molecule has 7 heteroatoms. The zero-order valence-electron chi connectivity index (χ0n) is 13.7. The van der Waals surface area contributed by atoms with E-state index >= 15 is 0 Å². The standard InChI is InChI=1S/C15H27N3O4/c1-11(2)10-13(15(21)18-6-8-22-9-7-18)17-14(20)4-5-16-12(3)19/h11,13H,4-10H2,1-3H3,(H,16,19)(H,17,20). The predicted molar refractivity (Wildman–Crippen MR) is 82.1 cm³/mol. The summed E-state index contributed by atoms with van der Waals surface area (Å²) in [6.45, 7) is 7.92. The highest BCUT2D eigenvalue weighted by Gasteiger charge is 2.27. The summed E-state index contributed by atoms with van der Waals surface area (Å²) in [5.41, 5.74) is 0. The largest absolute Gasteiger partial charge is 0.378 e. The third kappa shape index (κ3) is 6.89.